The van der Waals surface area contributed by atoms with Crippen LogP contribution in [0.25, 0.3) is 0 Å². The van der Waals surface area contributed by atoms with Crippen molar-refractivity contribution in [3.05, 3.63) is 0 Å². The van der Waals surface area contributed by atoms with Gasteiger partial charge in [0.1, 0.15) is 6.61 Å². The van der Waals surface area contributed by atoms with E-state index in [1.807, 2.05) is 0 Å². The first kappa shape index (κ1) is 22.9. The minimum absolute atomic E-state index is 0.0491. The summed E-state index contributed by atoms with van der Waals surface area (Å²) in [6.45, 7) is 2.55. The van der Waals surface area contributed by atoms with Crippen molar-refractivity contribution in [1.29, 1.82) is 0 Å². The molecule has 1 saturated heterocycles. The van der Waals surface area contributed by atoms with Crippen LogP contribution in [0.1, 0.15) is 96.8 Å². The number of hydrogen-bond acceptors (Lipinski definition) is 5. The number of cyclic esters (lactones) is 1. The van der Waals surface area contributed by atoms with Gasteiger partial charge in [-0.15, -0.1) is 0 Å². The molecule has 0 radical (unpaired) electrons. The first-order valence-electron chi connectivity index (χ1n) is 10.5. The van der Waals surface area contributed by atoms with Crippen LogP contribution in [0.2, 0.25) is 0 Å². The molecule has 0 aliphatic carbocycles. The second-order valence-electron chi connectivity index (χ2n) is 7.78. The van der Waals surface area contributed by atoms with Gasteiger partial charge in [-0.1, -0.05) is 77.6 Å². The van der Waals surface area contributed by atoms with E-state index >= 15 is 0 Å². The third-order valence-electron chi connectivity index (χ3n) is 5.17. The van der Waals surface area contributed by atoms with Crippen LogP contribution in [0.15, 0.2) is 0 Å². The largest absolute Gasteiger partial charge is 0.466 e. The van der Waals surface area contributed by atoms with Gasteiger partial charge in [0.25, 0.3) is 0 Å². The van der Waals surface area contributed by atoms with Crippen LogP contribution in [0.4, 0.5) is 0 Å². The summed E-state index contributed by atoms with van der Waals surface area (Å²) in [7, 11) is 0. The van der Waals surface area contributed by atoms with E-state index in [1.54, 1.807) is 0 Å². The van der Waals surface area contributed by atoms with Gasteiger partial charge in [-0.2, -0.15) is 0 Å². The Morgan fingerprint density at radius 1 is 1.00 bits per heavy atom. The topological polar surface area (TPSA) is 72.8 Å². The second kappa shape index (κ2) is 14.0. The Morgan fingerprint density at radius 2 is 1.54 bits per heavy atom. The van der Waals surface area contributed by atoms with Gasteiger partial charge in [-0.3, -0.25) is 9.59 Å². The van der Waals surface area contributed by atoms with Crippen molar-refractivity contribution >= 4 is 11.9 Å². The molecule has 0 spiro atoms. The standard InChI is InChI=1S/C21H38O5/c1-2-3-4-5-6-7-8-9-10-11-12-13-14-25-19(23)15-21(17-22)16-20(24)26-18-21/h22H,2-18H2,1H3/t21-/m0/s1. The smallest absolute Gasteiger partial charge is 0.306 e. The number of unbranched alkanes of at least 4 members (excludes halogenated alkanes) is 11. The molecule has 1 aliphatic rings. The quantitative estimate of drug-likeness (QED) is 0.319. The number of rotatable bonds is 16. The van der Waals surface area contributed by atoms with Crippen molar-refractivity contribution in [2.24, 2.45) is 5.41 Å². The molecule has 0 bridgehead atoms. The summed E-state index contributed by atoms with van der Waals surface area (Å²) >= 11 is 0. The van der Waals surface area contributed by atoms with E-state index < -0.39 is 5.41 Å². The van der Waals surface area contributed by atoms with Crippen molar-refractivity contribution in [3.63, 3.8) is 0 Å². The molecule has 0 aromatic carbocycles. The van der Waals surface area contributed by atoms with E-state index in [0.29, 0.717) is 6.61 Å². The number of ether oxygens (including phenoxy) is 2. The highest BCUT2D eigenvalue weighted by molar-refractivity contribution is 5.76. The van der Waals surface area contributed by atoms with Gasteiger partial charge in [-0.05, 0) is 6.42 Å². The molecular weight excluding hydrogens is 332 g/mol. The molecule has 152 valence electrons. The summed E-state index contributed by atoms with van der Waals surface area (Å²) in [6.07, 6.45) is 15.4. The third-order valence-corrected chi connectivity index (χ3v) is 5.17. The van der Waals surface area contributed by atoms with Crippen molar-refractivity contribution in [2.75, 3.05) is 19.8 Å². The fourth-order valence-electron chi connectivity index (χ4n) is 3.40. The van der Waals surface area contributed by atoms with Crippen LogP contribution in [-0.2, 0) is 19.1 Å². The molecule has 1 aliphatic heterocycles. The number of aliphatic hydroxyl groups excluding tert-OH is 1. The minimum atomic E-state index is -0.773. The van der Waals surface area contributed by atoms with Gasteiger partial charge in [0, 0.05) is 5.41 Å². The van der Waals surface area contributed by atoms with E-state index in [1.165, 1.54) is 64.2 Å². The number of carbonyl (C=O) groups is 2. The third kappa shape index (κ3) is 10.1. The van der Waals surface area contributed by atoms with Crippen molar-refractivity contribution in [2.45, 2.75) is 96.8 Å². The highest BCUT2D eigenvalue weighted by Crippen LogP contribution is 2.33. The molecule has 0 amide bonds. The van der Waals surface area contributed by atoms with Gasteiger partial charge in [0.05, 0.1) is 26.1 Å². The Hall–Kier alpha value is -1.10. The van der Waals surface area contributed by atoms with Gasteiger partial charge in [0.15, 0.2) is 0 Å². The molecule has 1 fully saturated rings. The molecular formula is C21H38O5. The van der Waals surface area contributed by atoms with Crippen LogP contribution in [-0.4, -0.2) is 36.9 Å². The molecule has 5 nitrogen and oxygen atoms in total. The van der Waals surface area contributed by atoms with Gasteiger partial charge in [0.2, 0.25) is 0 Å². The van der Waals surface area contributed by atoms with E-state index in [9.17, 15) is 14.7 Å². The lowest BCUT2D eigenvalue weighted by Gasteiger charge is -2.21. The predicted molar refractivity (Wildman–Crippen MR) is 102 cm³/mol. The minimum Gasteiger partial charge on any atom is -0.466 e. The molecule has 0 unspecified atom stereocenters. The fourth-order valence-corrected chi connectivity index (χ4v) is 3.40. The van der Waals surface area contributed by atoms with E-state index in [4.69, 9.17) is 9.47 Å². The van der Waals surface area contributed by atoms with Crippen LogP contribution in [0.3, 0.4) is 0 Å². The maximum Gasteiger partial charge on any atom is 0.306 e. The molecule has 0 aromatic heterocycles. The van der Waals surface area contributed by atoms with Crippen LogP contribution in [0.5, 0.6) is 0 Å². The van der Waals surface area contributed by atoms with Crippen LogP contribution >= 0.6 is 0 Å². The van der Waals surface area contributed by atoms with Crippen LogP contribution < -0.4 is 0 Å². The van der Waals surface area contributed by atoms with E-state index in [2.05, 4.69) is 6.92 Å². The average molecular weight is 371 g/mol. The normalized spacial score (nSPS) is 19.5. The zero-order valence-corrected chi connectivity index (χ0v) is 16.6. The zero-order valence-electron chi connectivity index (χ0n) is 16.6. The number of aliphatic hydroxyl groups is 1. The van der Waals surface area contributed by atoms with Gasteiger partial charge >= 0.3 is 11.9 Å². The SMILES string of the molecule is CCCCCCCCCCCCCCOC(=O)C[C@]1(CO)COC(=O)C1. The van der Waals surface area contributed by atoms with Crippen molar-refractivity contribution in [3.8, 4) is 0 Å². The van der Waals surface area contributed by atoms with Crippen LogP contribution in [0, 0.1) is 5.41 Å². The Morgan fingerprint density at radius 3 is 2.00 bits per heavy atom. The number of hydrogen-bond donors (Lipinski definition) is 1. The monoisotopic (exact) mass is 370 g/mol. The zero-order chi connectivity index (χ0) is 19.1. The lowest BCUT2D eigenvalue weighted by molar-refractivity contribution is -0.147. The summed E-state index contributed by atoms with van der Waals surface area (Å²) in [4.78, 5) is 23.1. The number of esters is 2. The molecule has 0 saturated carbocycles. The molecule has 1 heterocycles. The first-order chi connectivity index (χ1) is 12.6. The average Bonchev–Trinajstić information content (AvgIpc) is 3.00. The maximum absolute atomic E-state index is 11.9. The summed E-state index contributed by atoms with van der Waals surface area (Å²) in [5.41, 5.74) is -0.773. The highest BCUT2D eigenvalue weighted by Gasteiger charge is 2.42. The van der Waals surface area contributed by atoms with Gasteiger partial charge in [-0.25, -0.2) is 0 Å². The summed E-state index contributed by atoms with van der Waals surface area (Å²) < 4.78 is 10.1. The molecule has 1 rings (SSSR count). The highest BCUT2D eigenvalue weighted by atomic mass is 16.5. The predicted octanol–water partition coefficient (Wildman–Crippen LogP) is 4.55. The number of carbonyl (C=O) groups excluding carboxylic acids is 2. The maximum atomic E-state index is 11.9. The molecule has 1 N–H and O–H groups in total. The van der Waals surface area contributed by atoms with E-state index in [-0.39, 0.29) is 38.0 Å². The summed E-state index contributed by atoms with van der Waals surface area (Å²) in [6, 6.07) is 0. The Kier molecular flexibility index (Phi) is 12.4. The van der Waals surface area contributed by atoms with Crippen molar-refractivity contribution in [1.82, 2.24) is 0 Å². The summed E-state index contributed by atoms with van der Waals surface area (Å²) in [5.74, 6) is -0.701. The summed E-state index contributed by atoms with van der Waals surface area (Å²) in [5, 5.41) is 9.43. The molecule has 1 atom stereocenters. The molecule has 26 heavy (non-hydrogen) atoms. The Bertz CT molecular complexity index is 396. The lowest BCUT2D eigenvalue weighted by atomic mass is 9.84. The first-order valence-corrected chi connectivity index (χ1v) is 10.5. The van der Waals surface area contributed by atoms with E-state index in [0.717, 1.165) is 12.8 Å². The fraction of sp³-hybridized carbons (Fsp3) is 0.905. The molecule has 5 heteroatoms. The van der Waals surface area contributed by atoms with Crippen molar-refractivity contribution < 1.29 is 24.2 Å². The Labute approximate surface area is 158 Å². The second-order valence-corrected chi connectivity index (χ2v) is 7.78. The van der Waals surface area contributed by atoms with Gasteiger partial charge < -0.3 is 14.6 Å². The molecule has 0 aromatic rings. The lowest BCUT2D eigenvalue weighted by Crippen LogP contribution is -2.30. The Balaban J connectivity index is 1.89.